The molecule has 0 saturated carbocycles. The number of rotatable bonds is 2. The fourth-order valence-corrected chi connectivity index (χ4v) is 2.64. The lowest BCUT2D eigenvalue weighted by Crippen LogP contribution is -2.45. The fourth-order valence-electron chi connectivity index (χ4n) is 2.53. The van der Waals surface area contributed by atoms with E-state index in [9.17, 15) is 9.59 Å². The molecule has 1 fully saturated rings. The Morgan fingerprint density at radius 2 is 2.04 bits per heavy atom. The molecule has 5 nitrogen and oxygen atoms in total. The summed E-state index contributed by atoms with van der Waals surface area (Å²) in [5.74, 6) is -0.199. The van der Waals surface area contributed by atoms with Gasteiger partial charge in [-0.3, -0.25) is 9.69 Å². The Balaban J connectivity index is 2.05. The van der Waals surface area contributed by atoms with Gasteiger partial charge in [0, 0.05) is 17.3 Å². The quantitative estimate of drug-likeness (QED) is 0.887. The summed E-state index contributed by atoms with van der Waals surface area (Å²) in [6.45, 7) is 7.85. The van der Waals surface area contributed by atoms with Gasteiger partial charge in [0.2, 0.25) is 5.91 Å². The molecule has 1 N–H and O–H groups in total. The molecular formula is C17H23ClN2O3. The number of hydrogen-bond donors (Lipinski definition) is 1. The summed E-state index contributed by atoms with van der Waals surface area (Å²) in [6, 6.07) is 4.81. The van der Waals surface area contributed by atoms with Crippen molar-refractivity contribution in [2.24, 2.45) is 0 Å². The van der Waals surface area contributed by atoms with Crippen LogP contribution in [0.15, 0.2) is 18.2 Å². The highest BCUT2D eigenvalue weighted by atomic mass is 35.5. The molecule has 6 heteroatoms. The number of ether oxygens (including phenoxy) is 1. The molecule has 1 aromatic carbocycles. The van der Waals surface area contributed by atoms with Crippen LogP contribution in [0.25, 0.3) is 0 Å². The van der Waals surface area contributed by atoms with Crippen LogP contribution in [0.3, 0.4) is 0 Å². The minimum absolute atomic E-state index is 0.199. The molecule has 1 aliphatic heterocycles. The summed E-state index contributed by atoms with van der Waals surface area (Å²) in [5, 5.41) is 3.50. The highest BCUT2D eigenvalue weighted by molar-refractivity contribution is 6.31. The van der Waals surface area contributed by atoms with E-state index >= 15 is 0 Å². The molecule has 1 aromatic rings. The molecule has 1 aliphatic rings. The van der Waals surface area contributed by atoms with Crippen LogP contribution >= 0.6 is 11.6 Å². The third-order valence-electron chi connectivity index (χ3n) is 3.61. The zero-order valence-electron chi connectivity index (χ0n) is 14.0. The molecule has 1 heterocycles. The summed E-state index contributed by atoms with van der Waals surface area (Å²) in [6.07, 6.45) is 0.983. The summed E-state index contributed by atoms with van der Waals surface area (Å²) in [5.41, 5.74) is 0.987. The number of carbonyl (C=O) groups excluding carboxylic acids is 2. The van der Waals surface area contributed by atoms with E-state index in [2.05, 4.69) is 5.32 Å². The van der Waals surface area contributed by atoms with Gasteiger partial charge in [-0.15, -0.1) is 0 Å². The number of carbonyl (C=O) groups is 2. The Labute approximate surface area is 141 Å². The second kappa shape index (κ2) is 6.79. The van der Waals surface area contributed by atoms with Gasteiger partial charge >= 0.3 is 6.09 Å². The standard InChI is InChI=1S/C17H23ClN2O3/c1-11-10-12(7-8-13(11)18)19-15(21)14-6-5-9-20(14)16(22)23-17(2,3)4/h7-8,10,14H,5-6,9H2,1-4H3,(H,19,21). The molecule has 1 unspecified atom stereocenters. The van der Waals surface area contributed by atoms with Gasteiger partial charge in [-0.25, -0.2) is 4.79 Å². The molecule has 2 rings (SSSR count). The predicted octanol–water partition coefficient (Wildman–Crippen LogP) is 3.99. The Morgan fingerprint density at radius 3 is 2.65 bits per heavy atom. The van der Waals surface area contributed by atoms with Crippen molar-refractivity contribution in [2.75, 3.05) is 11.9 Å². The minimum Gasteiger partial charge on any atom is -0.444 e. The van der Waals surface area contributed by atoms with Crippen LogP contribution in [0, 0.1) is 6.92 Å². The number of halogens is 1. The molecule has 1 atom stereocenters. The van der Waals surface area contributed by atoms with Crippen molar-refractivity contribution < 1.29 is 14.3 Å². The summed E-state index contributed by atoms with van der Waals surface area (Å²) in [7, 11) is 0. The van der Waals surface area contributed by atoms with Crippen LogP contribution in [0.4, 0.5) is 10.5 Å². The highest BCUT2D eigenvalue weighted by Crippen LogP contribution is 2.24. The third kappa shape index (κ3) is 4.61. The molecule has 0 aliphatic carbocycles. The summed E-state index contributed by atoms with van der Waals surface area (Å²) < 4.78 is 5.38. The molecule has 2 amide bonds. The van der Waals surface area contributed by atoms with Crippen LogP contribution < -0.4 is 5.32 Å². The van der Waals surface area contributed by atoms with Gasteiger partial charge in [0.05, 0.1) is 0 Å². The summed E-state index contributed by atoms with van der Waals surface area (Å²) >= 11 is 5.99. The van der Waals surface area contributed by atoms with E-state index in [1.165, 1.54) is 4.90 Å². The Bertz CT molecular complexity index is 610. The van der Waals surface area contributed by atoms with Crippen molar-refractivity contribution in [3.63, 3.8) is 0 Å². The van der Waals surface area contributed by atoms with Crippen molar-refractivity contribution in [2.45, 2.75) is 52.2 Å². The largest absolute Gasteiger partial charge is 0.444 e. The minimum atomic E-state index is -0.575. The van der Waals surface area contributed by atoms with E-state index < -0.39 is 17.7 Å². The topological polar surface area (TPSA) is 58.6 Å². The van der Waals surface area contributed by atoms with Gasteiger partial charge in [0.1, 0.15) is 11.6 Å². The first-order valence-electron chi connectivity index (χ1n) is 7.74. The van der Waals surface area contributed by atoms with Crippen LogP contribution in [-0.2, 0) is 9.53 Å². The zero-order chi connectivity index (χ0) is 17.2. The van der Waals surface area contributed by atoms with Gasteiger partial charge in [0.15, 0.2) is 0 Å². The number of aryl methyl sites for hydroxylation is 1. The van der Waals surface area contributed by atoms with Crippen molar-refractivity contribution in [3.8, 4) is 0 Å². The lowest BCUT2D eigenvalue weighted by Gasteiger charge is -2.28. The van der Waals surface area contributed by atoms with Gasteiger partial charge in [-0.2, -0.15) is 0 Å². The molecule has 0 spiro atoms. The Hall–Kier alpha value is -1.75. The van der Waals surface area contributed by atoms with Crippen molar-refractivity contribution >= 4 is 29.3 Å². The fraction of sp³-hybridized carbons (Fsp3) is 0.529. The van der Waals surface area contributed by atoms with Gasteiger partial charge in [-0.1, -0.05) is 11.6 Å². The Morgan fingerprint density at radius 1 is 1.35 bits per heavy atom. The van der Waals surface area contributed by atoms with E-state index in [1.54, 1.807) is 12.1 Å². The first-order chi connectivity index (χ1) is 10.7. The number of amides is 2. The van der Waals surface area contributed by atoms with Crippen molar-refractivity contribution in [3.05, 3.63) is 28.8 Å². The number of nitrogens with zero attached hydrogens (tertiary/aromatic N) is 1. The predicted molar refractivity (Wildman–Crippen MR) is 90.8 cm³/mol. The maximum Gasteiger partial charge on any atom is 0.410 e. The second-order valence-corrected chi connectivity index (χ2v) is 7.19. The van der Waals surface area contributed by atoms with Crippen LogP contribution in [0.1, 0.15) is 39.2 Å². The first-order valence-corrected chi connectivity index (χ1v) is 8.12. The van der Waals surface area contributed by atoms with Crippen molar-refractivity contribution in [1.82, 2.24) is 4.90 Å². The maximum absolute atomic E-state index is 12.5. The van der Waals surface area contributed by atoms with Crippen molar-refractivity contribution in [1.29, 1.82) is 0 Å². The lowest BCUT2D eigenvalue weighted by atomic mass is 10.2. The molecule has 126 valence electrons. The monoisotopic (exact) mass is 338 g/mol. The SMILES string of the molecule is Cc1cc(NC(=O)C2CCCN2C(=O)OC(C)(C)C)ccc1Cl. The molecular weight excluding hydrogens is 316 g/mol. The van der Waals surface area contributed by atoms with Crippen LogP contribution in [0.5, 0.6) is 0 Å². The maximum atomic E-state index is 12.5. The smallest absolute Gasteiger partial charge is 0.410 e. The number of hydrogen-bond acceptors (Lipinski definition) is 3. The van der Waals surface area contributed by atoms with E-state index in [0.29, 0.717) is 23.7 Å². The molecule has 1 saturated heterocycles. The van der Waals surface area contributed by atoms with Gasteiger partial charge in [0.25, 0.3) is 0 Å². The highest BCUT2D eigenvalue weighted by Gasteiger charge is 2.36. The summed E-state index contributed by atoms with van der Waals surface area (Å²) in [4.78, 5) is 26.2. The zero-order valence-corrected chi connectivity index (χ0v) is 14.7. The van der Waals surface area contributed by atoms with E-state index in [0.717, 1.165) is 12.0 Å². The van der Waals surface area contributed by atoms with E-state index in [-0.39, 0.29) is 5.91 Å². The number of nitrogens with one attached hydrogen (secondary N) is 1. The second-order valence-electron chi connectivity index (χ2n) is 6.78. The van der Waals surface area contributed by atoms with Crippen LogP contribution in [-0.4, -0.2) is 35.1 Å². The molecule has 23 heavy (non-hydrogen) atoms. The first kappa shape index (κ1) is 17.6. The average Bonchev–Trinajstić information content (AvgIpc) is 2.90. The molecule has 0 bridgehead atoms. The van der Waals surface area contributed by atoms with Crippen LogP contribution in [0.2, 0.25) is 5.02 Å². The lowest BCUT2D eigenvalue weighted by molar-refractivity contribution is -0.120. The van der Waals surface area contributed by atoms with E-state index in [4.69, 9.17) is 16.3 Å². The van der Waals surface area contributed by atoms with Gasteiger partial charge in [-0.05, 0) is 64.3 Å². The third-order valence-corrected chi connectivity index (χ3v) is 4.03. The number of likely N-dealkylation sites (tertiary alicyclic amines) is 1. The molecule has 0 aromatic heterocycles. The Kier molecular flexibility index (Phi) is 5.19. The normalized spacial score (nSPS) is 18.0. The number of benzene rings is 1. The average molecular weight is 339 g/mol. The van der Waals surface area contributed by atoms with E-state index in [1.807, 2.05) is 33.8 Å². The van der Waals surface area contributed by atoms with Gasteiger partial charge < -0.3 is 10.1 Å². The molecule has 0 radical (unpaired) electrons. The number of anilines is 1.